The molecule has 0 aliphatic carbocycles. The molecule has 1 aliphatic heterocycles. The first kappa shape index (κ1) is 13.6. The van der Waals surface area contributed by atoms with Gasteiger partial charge in [-0.2, -0.15) is 0 Å². The van der Waals surface area contributed by atoms with E-state index < -0.39 is 0 Å². The highest BCUT2D eigenvalue weighted by molar-refractivity contribution is 5.75. The molecule has 4 nitrogen and oxygen atoms in total. The second kappa shape index (κ2) is 5.54. The van der Waals surface area contributed by atoms with Crippen LogP contribution in [0.3, 0.4) is 0 Å². The summed E-state index contributed by atoms with van der Waals surface area (Å²) >= 11 is 0. The van der Waals surface area contributed by atoms with Crippen molar-refractivity contribution in [3.8, 4) is 0 Å². The fraction of sp³-hybridized carbons (Fsp3) is 0.562. The second-order valence-corrected chi connectivity index (χ2v) is 5.93. The van der Waals surface area contributed by atoms with E-state index in [2.05, 4.69) is 47.7 Å². The molecule has 0 amide bonds. The van der Waals surface area contributed by atoms with Gasteiger partial charge in [0.1, 0.15) is 5.82 Å². The van der Waals surface area contributed by atoms with Gasteiger partial charge < -0.3 is 10.3 Å². The second-order valence-electron chi connectivity index (χ2n) is 5.93. The number of hydrogen-bond donors (Lipinski definition) is 1. The maximum atomic E-state index is 5.85. The molecule has 0 bridgehead atoms. The molecule has 3 rings (SSSR count). The Morgan fingerprint density at radius 2 is 2.20 bits per heavy atom. The van der Waals surface area contributed by atoms with E-state index in [0.29, 0.717) is 12.0 Å². The minimum Gasteiger partial charge on any atom is -0.330 e. The quantitative estimate of drug-likeness (QED) is 0.932. The topological polar surface area (TPSA) is 47.1 Å². The molecule has 0 spiro atoms. The van der Waals surface area contributed by atoms with E-state index in [0.717, 1.165) is 31.0 Å². The van der Waals surface area contributed by atoms with Gasteiger partial charge in [-0.25, -0.2) is 4.98 Å². The van der Waals surface area contributed by atoms with Crippen LogP contribution in [0.25, 0.3) is 11.0 Å². The van der Waals surface area contributed by atoms with Crippen molar-refractivity contribution < 1.29 is 0 Å². The standard InChI is InChI=1S/C16H24N4/c1-12(20-9-5-6-13(10-17)11-20)16-18-14-7-3-4-8-15(14)19(16)2/h3-4,7-8,12-13H,5-6,9-11,17H2,1-2H3. The molecule has 1 aromatic carbocycles. The molecule has 2 atom stereocenters. The monoisotopic (exact) mass is 272 g/mol. The third kappa shape index (κ3) is 2.34. The highest BCUT2D eigenvalue weighted by Crippen LogP contribution is 2.27. The number of rotatable bonds is 3. The summed E-state index contributed by atoms with van der Waals surface area (Å²) in [4.78, 5) is 7.36. The molecule has 1 aliphatic rings. The Balaban J connectivity index is 1.88. The number of para-hydroxylation sites is 2. The van der Waals surface area contributed by atoms with E-state index in [1.54, 1.807) is 0 Å². The molecule has 0 saturated carbocycles. The molecular weight excluding hydrogens is 248 g/mol. The van der Waals surface area contributed by atoms with Crippen molar-refractivity contribution in [3.05, 3.63) is 30.1 Å². The van der Waals surface area contributed by atoms with Crippen molar-refractivity contribution in [2.24, 2.45) is 18.7 Å². The van der Waals surface area contributed by atoms with Gasteiger partial charge in [0, 0.05) is 13.6 Å². The average molecular weight is 272 g/mol. The van der Waals surface area contributed by atoms with Crippen LogP contribution in [-0.4, -0.2) is 34.1 Å². The number of piperidine rings is 1. The van der Waals surface area contributed by atoms with Crippen LogP contribution in [-0.2, 0) is 7.05 Å². The number of imidazole rings is 1. The van der Waals surface area contributed by atoms with Crippen LogP contribution in [0.5, 0.6) is 0 Å². The molecule has 2 aromatic rings. The summed E-state index contributed by atoms with van der Waals surface area (Å²) < 4.78 is 2.23. The predicted molar refractivity (Wildman–Crippen MR) is 82.5 cm³/mol. The molecule has 2 N–H and O–H groups in total. The zero-order valence-corrected chi connectivity index (χ0v) is 12.4. The van der Waals surface area contributed by atoms with Gasteiger partial charge in [-0.05, 0) is 50.9 Å². The maximum absolute atomic E-state index is 5.85. The van der Waals surface area contributed by atoms with E-state index in [1.165, 1.54) is 18.4 Å². The molecule has 2 unspecified atom stereocenters. The van der Waals surface area contributed by atoms with Crippen molar-refractivity contribution in [1.29, 1.82) is 0 Å². The number of fused-ring (bicyclic) bond motifs is 1. The van der Waals surface area contributed by atoms with Gasteiger partial charge in [-0.1, -0.05) is 12.1 Å². The third-order valence-electron chi connectivity index (χ3n) is 4.63. The van der Waals surface area contributed by atoms with E-state index in [4.69, 9.17) is 10.7 Å². The van der Waals surface area contributed by atoms with Crippen LogP contribution < -0.4 is 5.73 Å². The normalized spacial score (nSPS) is 22.2. The van der Waals surface area contributed by atoms with Crippen molar-refractivity contribution >= 4 is 11.0 Å². The van der Waals surface area contributed by atoms with Crippen LogP contribution in [0.4, 0.5) is 0 Å². The number of nitrogens with zero attached hydrogens (tertiary/aromatic N) is 3. The Hall–Kier alpha value is -1.39. The molecule has 1 fully saturated rings. The molecule has 1 saturated heterocycles. The number of likely N-dealkylation sites (tertiary alicyclic amines) is 1. The highest BCUT2D eigenvalue weighted by atomic mass is 15.2. The molecular formula is C16H24N4. The van der Waals surface area contributed by atoms with Crippen molar-refractivity contribution in [1.82, 2.24) is 14.5 Å². The van der Waals surface area contributed by atoms with E-state index >= 15 is 0 Å². The van der Waals surface area contributed by atoms with Gasteiger partial charge in [-0.15, -0.1) is 0 Å². The summed E-state index contributed by atoms with van der Waals surface area (Å²) in [6, 6.07) is 8.70. The lowest BCUT2D eigenvalue weighted by Crippen LogP contribution is -2.40. The van der Waals surface area contributed by atoms with Gasteiger partial charge in [0.15, 0.2) is 0 Å². The summed E-state index contributed by atoms with van der Waals surface area (Å²) in [5.74, 6) is 1.80. The average Bonchev–Trinajstić information content (AvgIpc) is 2.84. The first-order chi connectivity index (χ1) is 9.70. The van der Waals surface area contributed by atoms with E-state index in [-0.39, 0.29) is 0 Å². The summed E-state index contributed by atoms with van der Waals surface area (Å²) in [6.07, 6.45) is 2.51. The van der Waals surface area contributed by atoms with Crippen LogP contribution in [0, 0.1) is 5.92 Å². The lowest BCUT2D eigenvalue weighted by Gasteiger charge is -2.36. The lowest BCUT2D eigenvalue weighted by molar-refractivity contribution is 0.128. The summed E-state index contributed by atoms with van der Waals surface area (Å²) in [5.41, 5.74) is 8.15. The smallest absolute Gasteiger partial charge is 0.126 e. The summed E-state index contributed by atoms with van der Waals surface area (Å²) in [5, 5.41) is 0. The van der Waals surface area contributed by atoms with E-state index in [1.807, 2.05) is 0 Å². The van der Waals surface area contributed by atoms with Crippen molar-refractivity contribution in [2.75, 3.05) is 19.6 Å². The number of hydrogen-bond acceptors (Lipinski definition) is 3. The van der Waals surface area contributed by atoms with Crippen LogP contribution >= 0.6 is 0 Å². The largest absolute Gasteiger partial charge is 0.330 e. The fourth-order valence-electron chi connectivity index (χ4n) is 3.34. The third-order valence-corrected chi connectivity index (χ3v) is 4.63. The number of aryl methyl sites for hydroxylation is 1. The molecule has 108 valence electrons. The van der Waals surface area contributed by atoms with Crippen molar-refractivity contribution in [3.63, 3.8) is 0 Å². The first-order valence-electron chi connectivity index (χ1n) is 7.56. The zero-order valence-electron chi connectivity index (χ0n) is 12.4. The first-order valence-corrected chi connectivity index (χ1v) is 7.56. The molecule has 2 heterocycles. The Morgan fingerprint density at radius 1 is 1.40 bits per heavy atom. The molecule has 20 heavy (non-hydrogen) atoms. The maximum Gasteiger partial charge on any atom is 0.126 e. The Kier molecular flexibility index (Phi) is 3.76. The molecule has 4 heteroatoms. The number of benzene rings is 1. The molecule has 0 radical (unpaired) electrons. The summed E-state index contributed by atoms with van der Waals surface area (Å²) in [6.45, 7) is 5.31. The Morgan fingerprint density at radius 3 is 2.95 bits per heavy atom. The Bertz CT molecular complexity index is 589. The SMILES string of the molecule is CC(c1nc2ccccc2n1C)N1CCCC(CN)C1. The lowest BCUT2D eigenvalue weighted by atomic mass is 9.97. The highest BCUT2D eigenvalue weighted by Gasteiger charge is 2.26. The number of nitrogens with two attached hydrogens (primary N) is 1. The van der Waals surface area contributed by atoms with Crippen molar-refractivity contribution in [2.45, 2.75) is 25.8 Å². The Labute approximate surface area is 120 Å². The summed E-state index contributed by atoms with van der Waals surface area (Å²) in [7, 11) is 2.12. The number of aromatic nitrogens is 2. The minimum absolute atomic E-state index is 0.349. The van der Waals surface area contributed by atoms with Crippen LogP contribution in [0.1, 0.15) is 31.6 Å². The van der Waals surface area contributed by atoms with Gasteiger partial charge in [0.25, 0.3) is 0 Å². The predicted octanol–water partition coefficient (Wildman–Crippen LogP) is 2.31. The van der Waals surface area contributed by atoms with E-state index in [9.17, 15) is 0 Å². The minimum atomic E-state index is 0.349. The van der Waals surface area contributed by atoms with Gasteiger partial charge >= 0.3 is 0 Å². The molecule has 1 aromatic heterocycles. The van der Waals surface area contributed by atoms with Gasteiger partial charge in [0.2, 0.25) is 0 Å². The van der Waals surface area contributed by atoms with Crippen LogP contribution in [0.2, 0.25) is 0 Å². The van der Waals surface area contributed by atoms with Gasteiger partial charge in [0.05, 0.1) is 17.1 Å². The van der Waals surface area contributed by atoms with Gasteiger partial charge in [-0.3, -0.25) is 4.90 Å². The zero-order chi connectivity index (χ0) is 14.1. The van der Waals surface area contributed by atoms with Crippen LogP contribution in [0.15, 0.2) is 24.3 Å². The fourth-order valence-corrected chi connectivity index (χ4v) is 3.34.